The average molecular weight is 300 g/mol. The van der Waals surface area contributed by atoms with Crippen LogP contribution in [0.2, 0.25) is 5.02 Å². The van der Waals surface area contributed by atoms with Gasteiger partial charge in [-0.25, -0.2) is 0 Å². The number of amides is 1. The number of benzene rings is 2. The fourth-order valence-corrected chi connectivity index (χ4v) is 2.72. The third kappa shape index (κ3) is 2.83. The Morgan fingerprint density at radius 2 is 1.90 bits per heavy atom. The molecule has 1 amide bonds. The van der Waals surface area contributed by atoms with Gasteiger partial charge in [0.15, 0.2) is 5.78 Å². The summed E-state index contributed by atoms with van der Waals surface area (Å²) in [4.78, 5) is 25.8. The normalized spacial score (nSPS) is 13.4. The van der Waals surface area contributed by atoms with Crippen LogP contribution >= 0.6 is 11.6 Å². The molecule has 0 radical (unpaired) electrons. The minimum absolute atomic E-state index is 0.0214. The monoisotopic (exact) mass is 299 g/mol. The molecule has 2 aromatic carbocycles. The van der Waals surface area contributed by atoms with Crippen molar-refractivity contribution in [2.24, 2.45) is 0 Å². The summed E-state index contributed by atoms with van der Waals surface area (Å²) in [6, 6.07) is 14.6. The van der Waals surface area contributed by atoms with Crippen molar-refractivity contribution in [3.05, 3.63) is 64.7 Å². The Balaban J connectivity index is 1.73. The van der Waals surface area contributed by atoms with Gasteiger partial charge in [0.2, 0.25) is 5.91 Å². The molecule has 4 heteroatoms. The van der Waals surface area contributed by atoms with Gasteiger partial charge in [0.1, 0.15) is 0 Å². The number of carbonyl (C=O) groups excluding carboxylic acids is 2. The maximum atomic E-state index is 12.1. The van der Waals surface area contributed by atoms with E-state index in [1.807, 2.05) is 24.3 Å². The number of Topliss-reactive ketones (excluding diaryl/α,β-unsaturated/α-hetero) is 1. The van der Waals surface area contributed by atoms with E-state index in [-0.39, 0.29) is 11.7 Å². The maximum Gasteiger partial charge on any atom is 0.231 e. The summed E-state index contributed by atoms with van der Waals surface area (Å²) in [6.45, 7) is 0.389. The second-order valence-corrected chi connectivity index (χ2v) is 5.47. The molecule has 3 rings (SSSR count). The Kier molecular flexibility index (Phi) is 3.76. The average Bonchev–Trinajstić information content (AvgIpc) is 2.80. The van der Waals surface area contributed by atoms with Crippen LogP contribution in [0.5, 0.6) is 0 Å². The first-order valence-corrected chi connectivity index (χ1v) is 7.20. The Labute approximate surface area is 128 Å². The molecule has 106 valence electrons. The predicted octanol–water partition coefficient (Wildman–Crippen LogP) is 3.50. The van der Waals surface area contributed by atoms with E-state index < -0.39 is 0 Å². The van der Waals surface area contributed by atoms with Gasteiger partial charge < -0.3 is 4.90 Å². The molecule has 0 unspecified atom stereocenters. The van der Waals surface area contributed by atoms with Crippen molar-refractivity contribution in [2.75, 3.05) is 11.4 Å². The second-order valence-electron chi connectivity index (χ2n) is 5.03. The summed E-state index contributed by atoms with van der Waals surface area (Å²) in [5.41, 5.74) is 2.47. The molecular formula is C17H14ClNO2. The fraction of sp³-hybridized carbons (Fsp3) is 0.176. The van der Waals surface area contributed by atoms with Crippen molar-refractivity contribution in [2.45, 2.75) is 12.8 Å². The molecule has 3 nitrogen and oxygen atoms in total. The summed E-state index contributed by atoms with van der Waals surface area (Å²) in [5.74, 6) is 0.0620. The second kappa shape index (κ2) is 5.70. The van der Waals surface area contributed by atoms with Crippen molar-refractivity contribution in [3.8, 4) is 0 Å². The van der Waals surface area contributed by atoms with Crippen LogP contribution in [-0.4, -0.2) is 18.2 Å². The lowest BCUT2D eigenvalue weighted by Crippen LogP contribution is -2.29. The fourth-order valence-electron chi connectivity index (χ4n) is 2.56. The molecule has 0 N–H and O–H groups in total. The number of carbonyl (C=O) groups is 2. The zero-order chi connectivity index (χ0) is 14.8. The molecular weight excluding hydrogens is 286 g/mol. The number of anilines is 1. The topological polar surface area (TPSA) is 37.4 Å². The van der Waals surface area contributed by atoms with E-state index in [0.29, 0.717) is 30.0 Å². The van der Waals surface area contributed by atoms with Gasteiger partial charge >= 0.3 is 0 Å². The Morgan fingerprint density at radius 3 is 2.67 bits per heavy atom. The van der Waals surface area contributed by atoms with Gasteiger partial charge in [-0.3, -0.25) is 9.59 Å². The molecule has 0 saturated heterocycles. The molecule has 1 heterocycles. The lowest BCUT2D eigenvalue weighted by molar-refractivity contribution is -0.117. The van der Waals surface area contributed by atoms with Crippen molar-refractivity contribution < 1.29 is 9.59 Å². The summed E-state index contributed by atoms with van der Waals surface area (Å²) < 4.78 is 0. The number of ketones is 1. The van der Waals surface area contributed by atoms with E-state index in [1.54, 1.807) is 29.2 Å². The number of hydrogen-bond donors (Lipinski definition) is 0. The Hall–Kier alpha value is -2.13. The van der Waals surface area contributed by atoms with E-state index in [2.05, 4.69) is 0 Å². The third-order valence-electron chi connectivity index (χ3n) is 3.64. The number of hydrogen-bond acceptors (Lipinski definition) is 2. The highest BCUT2D eigenvalue weighted by molar-refractivity contribution is 6.31. The van der Waals surface area contributed by atoms with E-state index >= 15 is 0 Å². The zero-order valence-corrected chi connectivity index (χ0v) is 12.1. The summed E-state index contributed by atoms with van der Waals surface area (Å²) in [5, 5.41) is 0.600. The molecule has 0 saturated carbocycles. The molecule has 0 fully saturated rings. The summed E-state index contributed by atoms with van der Waals surface area (Å²) in [7, 11) is 0. The van der Waals surface area contributed by atoms with Crippen molar-refractivity contribution in [1.29, 1.82) is 0 Å². The van der Waals surface area contributed by atoms with Crippen LogP contribution in [0.1, 0.15) is 22.3 Å². The van der Waals surface area contributed by atoms with Crippen molar-refractivity contribution in [3.63, 3.8) is 0 Å². The highest BCUT2D eigenvalue weighted by atomic mass is 35.5. The van der Waals surface area contributed by atoms with Crippen LogP contribution in [0.25, 0.3) is 0 Å². The Morgan fingerprint density at radius 1 is 1.14 bits per heavy atom. The van der Waals surface area contributed by atoms with Crippen LogP contribution in [0.3, 0.4) is 0 Å². The van der Waals surface area contributed by atoms with Gasteiger partial charge in [-0.05, 0) is 17.7 Å². The first kappa shape index (κ1) is 13.8. The van der Waals surface area contributed by atoms with Crippen LogP contribution < -0.4 is 4.90 Å². The van der Waals surface area contributed by atoms with Crippen LogP contribution in [0.4, 0.5) is 5.69 Å². The number of halogens is 1. The molecule has 0 aromatic heterocycles. The van der Waals surface area contributed by atoms with Crippen LogP contribution in [-0.2, 0) is 11.2 Å². The molecule has 21 heavy (non-hydrogen) atoms. The lowest BCUT2D eigenvalue weighted by atomic mass is 10.1. The van der Waals surface area contributed by atoms with Gasteiger partial charge in [0.05, 0.1) is 6.42 Å². The zero-order valence-electron chi connectivity index (χ0n) is 11.4. The standard InChI is InChI=1S/C17H14ClNO2/c18-14-7-6-13-10-17(21)19(15(13)11-14)9-8-16(20)12-4-2-1-3-5-12/h1-7,11H,8-10H2. The number of rotatable bonds is 4. The quantitative estimate of drug-likeness (QED) is 0.810. The minimum atomic E-state index is 0.0214. The number of nitrogens with zero attached hydrogens (tertiary/aromatic N) is 1. The third-order valence-corrected chi connectivity index (χ3v) is 3.87. The molecule has 0 bridgehead atoms. The first-order valence-electron chi connectivity index (χ1n) is 6.82. The van der Waals surface area contributed by atoms with Crippen molar-refractivity contribution in [1.82, 2.24) is 0 Å². The van der Waals surface area contributed by atoms with Gasteiger partial charge in [0.25, 0.3) is 0 Å². The van der Waals surface area contributed by atoms with Gasteiger partial charge in [-0.15, -0.1) is 0 Å². The SMILES string of the molecule is O=C(CCN1C(=O)Cc2ccc(Cl)cc21)c1ccccc1. The van der Waals surface area contributed by atoms with E-state index in [4.69, 9.17) is 11.6 Å². The first-order chi connectivity index (χ1) is 10.1. The van der Waals surface area contributed by atoms with E-state index in [0.717, 1.165) is 11.3 Å². The smallest absolute Gasteiger partial charge is 0.231 e. The Bertz CT molecular complexity index is 697. The number of fused-ring (bicyclic) bond motifs is 1. The predicted molar refractivity (Wildman–Crippen MR) is 82.9 cm³/mol. The maximum absolute atomic E-state index is 12.1. The highest BCUT2D eigenvalue weighted by Gasteiger charge is 2.27. The van der Waals surface area contributed by atoms with E-state index in [9.17, 15) is 9.59 Å². The van der Waals surface area contributed by atoms with Crippen molar-refractivity contribution >= 4 is 29.0 Å². The van der Waals surface area contributed by atoms with Gasteiger partial charge in [-0.2, -0.15) is 0 Å². The highest BCUT2D eigenvalue weighted by Crippen LogP contribution is 2.31. The van der Waals surface area contributed by atoms with Crippen LogP contribution in [0.15, 0.2) is 48.5 Å². The summed E-state index contributed by atoms with van der Waals surface area (Å²) in [6.07, 6.45) is 0.688. The molecule has 2 aromatic rings. The summed E-state index contributed by atoms with van der Waals surface area (Å²) >= 11 is 5.99. The lowest BCUT2D eigenvalue weighted by Gasteiger charge is -2.17. The molecule has 0 atom stereocenters. The van der Waals surface area contributed by atoms with E-state index in [1.165, 1.54) is 0 Å². The molecule has 0 aliphatic carbocycles. The minimum Gasteiger partial charge on any atom is -0.311 e. The molecule has 1 aliphatic heterocycles. The van der Waals surface area contributed by atoms with Gasteiger partial charge in [-0.1, -0.05) is 48.0 Å². The molecule has 1 aliphatic rings. The molecule has 0 spiro atoms. The van der Waals surface area contributed by atoms with Crippen LogP contribution in [0, 0.1) is 0 Å². The largest absolute Gasteiger partial charge is 0.311 e. The van der Waals surface area contributed by atoms with Gasteiger partial charge in [0, 0.05) is 29.2 Å².